The van der Waals surface area contributed by atoms with Gasteiger partial charge >= 0.3 is 6.36 Å². The first-order valence-electron chi connectivity index (χ1n) is 10.6. The standard InChI is InChI=1S/C21H29F3N4O3/c22-21(23,24)31-18-7-3-2-6-17(18)14-25-19(29)15-26-10-12-27(13-11-26)16-20(30)28-8-4-1-5-9-28/h2-3,6-7H,1,4-5,8-16H2,(H,25,29). The molecule has 1 aromatic carbocycles. The number of alkyl halides is 3. The Hall–Kier alpha value is -2.33. The molecule has 172 valence electrons. The number of ether oxygens (including phenoxy) is 1. The minimum absolute atomic E-state index is 0.0462. The van der Waals surface area contributed by atoms with E-state index in [1.165, 1.54) is 24.6 Å². The molecule has 2 saturated heterocycles. The second-order valence-electron chi connectivity index (χ2n) is 7.93. The number of halogens is 3. The number of rotatable bonds is 7. The molecular formula is C21H29F3N4O3. The molecule has 2 aliphatic rings. The molecule has 0 saturated carbocycles. The fourth-order valence-electron chi connectivity index (χ4n) is 3.87. The molecule has 3 rings (SSSR count). The summed E-state index contributed by atoms with van der Waals surface area (Å²) in [5, 5.41) is 2.66. The van der Waals surface area contributed by atoms with Crippen molar-refractivity contribution in [1.82, 2.24) is 20.0 Å². The van der Waals surface area contributed by atoms with Crippen LogP contribution in [0.3, 0.4) is 0 Å². The molecule has 0 aromatic heterocycles. The van der Waals surface area contributed by atoms with E-state index in [0.717, 1.165) is 25.9 Å². The number of carbonyl (C=O) groups excluding carboxylic acids is 2. The monoisotopic (exact) mass is 442 g/mol. The van der Waals surface area contributed by atoms with Crippen molar-refractivity contribution in [3.8, 4) is 5.75 Å². The number of amides is 2. The Morgan fingerprint density at radius 3 is 2.16 bits per heavy atom. The van der Waals surface area contributed by atoms with Crippen molar-refractivity contribution in [2.45, 2.75) is 32.2 Å². The third-order valence-corrected chi connectivity index (χ3v) is 5.57. The van der Waals surface area contributed by atoms with Crippen LogP contribution in [0.5, 0.6) is 5.75 Å². The third-order valence-electron chi connectivity index (χ3n) is 5.57. The van der Waals surface area contributed by atoms with Crippen molar-refractivity contribution in [2.75, 3.05) is 52.4 Å². The minimum atomic E-state index is -4.78. The van der Waals surface area contributed by atoms with Gasteiger partial charge in [-0.15, -0.1) is 13.2 Å². The van der Waals surface area contributed by atoms with Gasteiger partial charge in [-0.2, -0.15) is 0 Å². The molecule has 0 radical (unpaired) electrons. The van der Waals surface area contributed by atoms with Gasteiger partial charge in [0.15, 0.2) is 0 Å². The number of para-hydroxylation sites is 1. The van der Waals surface area contributed by atoms with E-state index in [2.05, 4.69) is 15.0 Å². The lowest BCUT2D eigenvalue weighted by Gasteiger charge is -2.35. The zero-order valence-corrected chi connectivity index (χ0v) is 17.5. The SMILES string of the molecule is O=C(CN1CCN(CC(=O)N2CCCCC2)CC1)NCc1ccccc1OC(F)(F)F. The van der Waals surface area contributed by atoms with Gasteiger partial charge in [-0.25, -0.2) is 0 Å². The van der Waals surface area contributed by atoms with Gasteiger partial charge in [0, 0.05) is 51.4 Å². The molecule has 7 nitrogen and oxygen atoms in total. The largest absolute Gasteiger partial charge is 0.573 e. The van der Waals surface area contributed by atoms with E-state index in [1.807, 2.05) is 9.80 Å². The fourth-order valence-corrected chi connectivity index (χ4v) is 3.87. The van der Waals surface area contributed by atoms with Gasteiger partial charge in [0.2, 0.25) is 11.8 Å². The smallest absolute Gasteiger partial charge is 0.405 e. The number of nitrogens with zero attached hydrogens (tertiary/aromatic N) is 3. The number of likely N-dealkylation sites (tertiary alicyclic amines) is 1. The average Bonchev–Trinajstić information content (AvgIpc) is 2.74. The van der Waals surface area contributed by atoms with Gasteiger partial charge in [-0.1, -0.05) is 18.2 Å². The maximum Gasteiger partial charge on any atom is 0.573 e. The second-order valence-corrected chi connectivity index (χ2v) is 7.93. The maximum atomic E-state index is 12.5. The lowest BCUT2D eigenvalue weighted by Crippen LogP contribution is -2.52. The highest BCUT2D eigenvalue weighted by atomic mass is 19.4. The second kappa shape index (κ2) is 10.8. The van der Waals surface area contributed by atoms with Gasteiger partial charge in [0.05, 0.1) is 13.1 Å². The average molecular weight is 442 g/mol. The maximum absolute atomic E-state index is 12.5. The summed E-state index contributed by atoms with van der Waals surface area (Å²) in [7, 11) is 0. The van der Waals surface area contributed by atoms with Gasteiger partial charge in [0.1, 0.15) is 5.75 Å². The molecule has 0 spiro atoms. The zero-order chi connectivity index (χ0) is 22.3. The van der Waals surface area contributed by atoms with E-state index in [4.69, 9.17) is 0 Å². The van der Waals surface area contributed by atoms with Crippen LogP contribution < -0.4 is 10.1 Å². The zero-order valence-electron chi connectivity index (χ0n) is 17.5. The normalized spacial score (nSPS) is 18.6. The molecule has 31 heavy (non-hydrogen) atoms. The predicted octanol–water partition coefficient (Wildman–Crippen LogP) is 1.83. The molecule has 0 aliphatic carbocycles. The lowest BCUT2D eigenvalue weighted by atomic mass is 10.1. The number of hydrogen-bond donors (Lipinski definition) is 1. The van der Waals surface area contributed by atoms with Crippen molar-refractivity contribution in [3.63, 3.8) is 0 Å². The summed E-state index contributed by atoms with van der Waals surface area (Å²) in [6.07, 6.45) is -1.45. The Bertz CT molecular complexity index is 746. The summed E-state index contributed by atoms with van der Waals surface area (Å²) in [5.41, 5.74) is 0.259. The van der Waals surface area contributed by atoms with Crippen LogP contribution in [0.25, 0.3) is 0 Å². The number of piperidine rings is 1. The summed E-state index contributed by atoms with van der Waals surface area (Å²) in [5.74, 6) is -0.410. The van der Waals surface area contributed by atoms with Crippen LogP contribution in [-0.2, 0) is 16.1 Å². The summed E-state index contributed by atoms with van der Waals surface area (Å²) in [6.45, 7) is 4.95. The molecule has 1 aromatic rings. The van der Waals surface area contributed by atoms with Gasteiger partial charge in [0.25, 0.3) is 0 Å². The quantitative estimate of drug-likeness (QED) is 0.698. The summed E-state index contributed by atoms with van der Waals surface area (Å²) in [6, 6.07) is 5.75. The summed E-state index contributed by atoms with van der Waals surface area (Å²) in [4.78, 5) is 30.7. The molecule has 10 heteroatoms. The molecule has 0 atom stereocenters. The van der Waals surface area contributed by atoms with E-state index >= 15 is 0 Å². The van der Waals surface area contributed by atoms with Crippen molar-refractivity contribution >= 4 is 11.8 Å². The van der Waals surface area contributed by atoms with Gasteiger partial charge < -0.3 is 15.0 Å². The number of benzene rings is 1. The Balaban J connectivity index is 1.38. The van der Waals surface area contributed by atoms with Gasteiger partial charge in [-0.3, -0.25) is 19.4 Å². The lowest BCUT2D eigenvalue weighted by molar-refractivity contribution is -0.274. The predicted molar refractivity (Wildman–Crippen MR) is 108 cm³/mol. The first kappa shape index (κ1) is 23.3. The topological polar surface area (TPSA) is 65.1 Å². The highest BCUT2D eigenvalue weighted by Gasteiger charge is 2.32. The number of carbonyl (C=O) groups is 2. The number of hydrogen-bond acceptors (Lipinski definition) is 5. The van der Waals surface area contributed by atoms with Gasteiger partial charge in [-0.05, 0) is 25.3 Å². The first-order valence-corrected chi connectivity index (χ1v) is 10.6. The highest BCUT2D eigenvalue weighted by molar-refractivity contribution is 5.78. The van der Waals surface area contributed by atoms with E-state index in [9.17, 15) is 22.8 Å². The Labute approximate surface area is 180 Å². The Morgan fingerprint density at radius 1 is 0.903 bits per heavy atom. The van der Waals surface area contributed by atoms with Crippen LogP contribution in [0.4, 0.5) is 13.2 Å². The molecule has 0 unspecified atom stereocenters. The van der Waals surface area contributed by atoms with E-state index in [-0.39, 0.29) is 36.2 Å². The van der Waals surface area contributed by atoms with Crippen LogP contribution in [0, 0.1) is 0 Å². The minimum Gasteiger partial charge on any atom is -0.405 e. The number of piperazine rings is 1. The number of nitrogens with one attached hydrogen (secondary N) is 1. The molecule has 0 bridgehead atoms. The van der Waals surface area contributed by atoms with Crippen molar-refractivity contribution in [1.29, 1.82) is 0 Å². The molecule has 2 aliphatic heterocycles. The van der Waals surface area contributed by atoms with Crippen molar-refractivity contribution in [3.05, 3.63) is 29.8 Å². The van der Waals surface area contributed by atoms with Crippen LogP contribution in [0.1, 0.15) is 24.8 Å². The highest BCUT2D eigenvalue weighted by Crippen LogP contribution is 2.26. The molecular weight excluding hydrogens is 413 g/mol. The first-order chi connectivity index (χ1) is 14.8. The van der Waals surface area contributed by atoms with E-state index in [0.29, 0.717) is 32.7 Å². The van der Waals surface area contributed by atoms with Crippen molar-refractivity contribution < 1.29 is 27.5 Å². The van der Waals surface area contributed by atoms with Crippen LogP contribution >= 0.6 is 0 Å². The third kappa shape index (κ3) is 7.70. The van der Waals surface area contributed by atoms with Crippen LogP contribution in [-0.4, -0.2) is 85.2 Å². The molecule has 2 amide bonds. The van der Waals surface area contributed by atoms with E-state index < -0.39 is 6.36 Å². The molecule has 1 N–H and O–H groups in total. The fraction of sp³-hybridized carbons (Fsp3) is 0.619. The summed E-state index contributed by atoms with van der Waals surface area (Å²) < 4.78 is 41.5. The Kier molecular flexibility index (Phi) is 8.14. The van der Waals surface area contributed by atoms with E-state index in [1.54, 1.807) is 6.07 Å². The van der Waals surface area contributed by atoms with Crippen LogP contribution in [0.15, 0.2) is 24.3 Å². The Morgan fingerprint density at radius 2 is 1.52 bits per heavy atom. The van der Waals surface area contributed by atoms with Crippen molar-refractivity contribution in [2.24, 2.45) is 0 Å². The summed E-state index contributed by atoms with van der Waals surface area (Å²) >= 11 is 0. The molecule has 2 heterocycles. The molecule has 2 fully saturated rings. The van der Waals surface area contributed by atoms with Crippen LogP contribution in [0.2, 0.25) is 0 Å².